The lowest BCUT2D eigenvalue weighted by Crippen LogP contribution is -2.08. The van der Waals surface area contributed by atoms with Gasteiger partial charge in [0.05, 0.1) is 0 Å². The quantitative estimate of drug-likeness (QED) is 0.464. The van der Waals surface area contributed by atoms with Gasteiger partial charge in [0.15, 0.2) is 0 Å². The normalized spacial score (nSPS) is 12.0. The van der Waals surface area contributed by atoms with Gasteiger partial charge in [-0.25, -0.2) is 0 Å². The minimum Gasteiger partial charge on any atom is -0.155 e. The Morgan fingerprint density at radius 3 is 2.11 bits per heavy atom. The van der Waals surface area contributed by atoms with Crippen molar-refractivity contribution in [3.63, 3.8) is 0 Å². The van der Waals surface area contributed by atoms with E-state index in [9.17, 15) is 0 Å². The molecule has 9 heavy (non-hydrogen) atoms. The van der Waals surface area contributed by atoms with Crippen LogP contribution < -0.4 is 0 Å². The zero-order valence-corrected chi connectivity index (χ0v) is 8.36. The van der Waals surface area contributed by atoms with Crippen LogP contribution in [0.1, 0.15) is 20.8 Å². The molecule has 0 aromatic rings. The van der Waals surface area contributed by atoms with Crippen LogP contribution in [0.5, 0.6) is 0 Å². The van der Waals surface area contributed by atoms with Crippen LogP contribution in [0.15, 0.2) is 0 Å². The SMILES string of the molecule is CSCSCC(C)(C)C. The predicted octanol–water partition coefficient (Wildman–Crippen LogP) is 3.09. The number of thioether (sulfide) groups is 2. The standard InChI is InChI=1S/C7H16S2/c1-7(2,3)5-9-6-8-4/h5-6H2,1-4H3. The van der Waals surface area contributed by atoms with Gasteiger partial charge in [0.1, 0.15) is 0 Å². The average molecular weight is 164 g/mol. The van der Waals surface area contributed by atoms with E-state index in [1.807, 2.05) is 23.5 Å². The van der Waals surface area contributed by atoms with Gasteiger partial charge in [-0.3, -0.25) is 0 Å². The summed E-state index contributed by atoms with van der Waals surface area (Å²) < 4.78 is 0. The molecule has 0 atom stereocenters. The van der Waals surface area contributed by atoms with Gasteiger partial charge in [0.2, 0.25) is 0 Å². The summed E-state index contributed by atoms with van der Waals surface area (Å²) in [6, 6.07) is 0. The highest BCUT2D eigenvalue weighted by Gasteiger charge is 2.08. The van der Waals surface area contributed by atoms with Crippen molar-refractivity contribution in [3.05, 3.63) is 0 Å². The first-order chi connectivity index (χ1) is 4.06. The van der Waals surface area contributed by atoms with E-state index in [2.05, 4.69) is 27.0 Å². The van der Waals surface area contributed by atoms with E-state index in [-0.39, 0.29) is 0 Å². The lowest BCUT2D eigenvalue weighted by atomic mass is 10.0. The van der Waals surface area contributed by atoms with Crippen LogP contribution in [-0.2, 0) is 0 Å². The van der Waals surface area contributed by atoms with Crippen LogP contribution in [0.4, 0.5) is 0 Å². The van der Waals surface area contributed by atoms with Crippen LogP contribution in [-0.4, -0.2) is 17.1 Å². The smallest absolute Gasteiger partial charge is 0.0389 e. The van der Waals surface area contributed by atoms with Crippen LogP contribution >= 0.6 is 23.5 Å². The molecule has 2 heteroatoms. The summed E-state index contributed by atoms with van der Waals surface area (Å²) in [7, 11) is 0. The van der Waals surface area contributed by atoms with Crippen molar-refractivity contribution in [3.8, 4) is 0 Å². The van der Waals surface area contributed by atoms with Crippen molar-refractivity contribution in [2.24, 2.45) is 5.41 Å². The molecule has 0 aliphatic carbocycles. The lowest BCUT2D eigenvalue weighted by molar-refractivity contribution is 0.481. The Bertz CT molecular complexity index is 63.8. The van der Waals surface area contributed by atoms with Crippen molar-refractivity contribution in [2.45, 2.75) is 20.8 Å². The van der Waals surface area contributed by atoms with E-state index in [0.29, 0.717) is 5.41 Å². The molecule has 0 aromatic heterocycles. The van der Waals surface area contributed by atoms with Gasteiger partial charge in [-0.1, -0.05) is 20.8 Å². The summed E-state index contributed by atoms with van der Waals surface area (Å²) in [5.41, 5.74) is 0.500. The van der Waals surface area contributed by atoms with Crippen LogP contribution in [0.2, 0.25) is 0 Å². The Morgan fingerprint density at radius 2 is 1.78 bits per heavy atom. The van der Waals surface area contributed by atoms with Gasteiger partial charge in [-0.05, 0) is 17.4 Å². The molecule has 0 amide bonds. The first kappa shape index (κ1) is 9.70. The van der Waals surface area contributed by atoms with Crippen LogP contribution in [0, 0.1) is 5.41 Å². The molecule has 0 spiro atoms. The highest BCUT2D eigenvalue weighted by Crippen LogP contribution is 2.21. The Hall–Kier alpha value is 0.700. The molecule has 0 rings (SSSR count). The fourth-order valence-electron chi connectivity index (χ4n) is 0.431. The monoisotopic (exact) mass is 164 g/mol. The molecule has 0 saturated heterocycles. The highest BCUT2D eigenvalue weighted by atomic mass is 32.2. The second kappa shape index (κ2) is 4.51. The molecule has 0 nitrogen and oxygen atoms in total. The highest BCUT2D eigenvalue weighted by molar-refractivity contribution is 8.15. The molecule has 0 aliphatic rings. The molecule has 0 aliphatic heterocycles. The number of hydrogen-bond acceptors (Lipinski definition) is 2. The van der Waals surface area contributed by atoms with Crippen molar-refractivity contribution < 1.29 is 0 Å². The molecule has 56 valence electrons. The van der Waals surface area contributed by atoms with E-state index in [1.165, 1.54) is 10.8 Å². The van der Waals surface area contributed by atoms with E-state index in [1.54, 1.807) is 0 Å². The zero-order valence-electron chi connectivity index (χ0n) is 6.73. The summed E-state index contributed by atoms with van der Waals surface area (Å²) in [6.45, 7) is 6.83. The van der Waals surface area contributed by atoms with Gasteiger partial charge < -0.3 is 0 Å². The van der Waals surface area contributed by atoms with Gasteiger partial charge in [0.25, 0.3) is 0 Å². The number of rotatable bonds is 3. The summed E-state index contributed by atoms with van der Waals surface area (Å²) >= 11 is 3.93. The second-order valence-electron chi connectivity index (χ2n) is 3.32. The molecule has 0 saturated carbocycles. The Morgan fingerprint density at radius 1 is 1.22 bits per heavy atom. The van der Waals surface area contributed by atoms with Crippen LogP contribution in [0.25, 0.3) is 0 Å². The Kier molecular flexibility index (Phi) is 4.86. The van der Waals surface area contributed by atoms with Crippen molar-refractivity contribution >= 4 is 23.5 Å². The first-order valence-electron chi connectivity index (χ1n) is 3.13. The average Bonchev–Trinajstić information content (AvgIpc) is 1.63. The molecule has 0 heterocycles. The minimum absolute atomic E-state index is 0.500. The fourth-order valence-corrected chi connectivity index (χ4v) is 2.04. The Balaban J connectivity index is 3.07. The molecule has 0 bridgehead atoms. The van der Waals surface area contributed by atoms with Crippen molar-refractivity contribution in [1.82, 2.24) is 0 Å². The predicted molar refractivity (Wildman–Crippen MR) is 50.3 cm³/mol. The van der Waals surface area contributed by atoms with E-state index in [0.717, 1.165) is 0 Å². The third-order valence-electron chi connectivity index (χ3n) is 0.736. The topological polar surface area (TPSA) is 0 Å². The van der Waals surface area contributed by atoms with Crippen LogP contribution in [0.3, 0.4) is 0 Å². The summed E-state index contributed by atoms with van der Waals surface area (Å²) in [5, 5.41) is 1.23. The minimum atomic E-state index is 0.500. The van der Waals surface area contributed by atoms with Gasteiger partial charge in [-0.2, -0.15) is 23.5 Å². The summed E-state index contributed by atoms with van der Waals surface area (Å²) in [4.78, 5) is 0. The lowest BCUT2D eigenvalue weighted by Gasteiger charge is -2.16. The second-order valence-corrected chi connectivity index (χ2v) is 5.53. The van der Waals surface area contributed by atoms with E-state index >= 15 is 0 Å². The first-order valence-corrected chi connectivity index (χ1v) is 5.68. The fraction of sp³-hybridized carbons (Fsp3) is 1.00. The molecule has 0 unspecified atom stereocenters. The maximum absolute atomic E-state index is 2.28. The van der Waals surface area contributed by atoms with Gasteiger partial charge >= 0.3 is 0 Å². The van der Waals surface area contributed by atoms with Gasteiger partial charge in [-0.15, -0.1) is 0 Å². The van der Waals surface area contributed by atoms with Gasteiger partial charge in [0, 0.05) is 5.08 Å². The zero-order chi connectivity index (χ0) is 7.33. The van der Waals surface area contributed by atoms with E-state index < -0.39 is 0 Å². The summed E-state index contributed by atoms with van der Waals surface area (Å²) in [5.74, 6) is 1.27. The van der Waals surface area contributed by atoms with Crippen molar-refractivity contribution in [2.75, 3.05) is 17.1 Å². The summed E-state index contributed by atoms with van der Waals surface area (Å²) in [6.07, 6.45) is 2.15. The molecule has 0 aromatic carbocycles. The molecular weight excluding hydrogens is 148 g/mol. The maximum Gasteiger partial charge on any atom is 0.0389 e. The molecular formula is C7H16S2. The van der Waals surface area contributed by atoms with E-state index in [4.69, 9.17) is 0 Å². The molecule has 0 N–H and O–H groups in total. The van der Waals surface area contributed by atoms with Crippen molar-refractivity contribution in [1.29, 1.82) is 0 Å². The third-order valence-corrected chi connectivity index (χ3v) is 3.42. The maximum atomic E-state index is 2.28. The third kappa shape index (κ3) is 8.70. The molecule has 0 fully saturated rings. The largest absolute Gasteiger partial charge is 0.155 e. The number of hydrogen-bond donors (Lipinski definition) is 0. The molecule has 0 radical (unpaired) electrons. The Labute approximate surface area is 67.2 Å².